The second-order valence-corrected chi connectivity index (χ2v) is 5.91. The Morgan fingerprint density at radius 2 is 2.00 bits per heavy atom. The summed E-state index contributed by atoms with van der Waals surface area (Å²) in [6, 6.07) is 5.66. The molecule has 1 aromatic carbocycles. The zero-order chi connectivity index (χ0) is 20.0. The van der Waals surface area contributed by atoms with E-state index in [-0.39, 0.29) is 24.3 Å². The molecule has 27 heavy (non-hydrogen) atoms. The van der Waals surface area contributed by atoms with Crippen LogP contribution >= 0.6 is 0 Å². The van der Waals surface area contributed by atoms with Crippen molar-refractivity contribution < 1.29 is 22.9 Å². The fraction of sp³-hybridized carbons (Fsp3) is 0.375. The SMILES string of the molecule is CN(CCCNC(=O)c1cnn(-c2ccc([N+](=O)[O-])cc2)c1)CC(F)(F)F. The van der Waals surface area contributed by atoms with Gasteiger partial charge in [-0.1, -0.05) is 0 Å². The van der Waals surface area contributed by atoms with Gasteiger partial charge in [0.1, 0.15) is 0 Å². The Bertz CT molecular complexity index is 789. The summed E-state index contributed by atoms with van der Waals surface area (Å²) in [6.07, 6.45) is -1.07. The molecule has 0 radical (unpaired) electrons. The fourth-order valence-electron chi connectivity index (χ4n) is 2.35. The lowest BCUT2D eigenvalue weighted by Crippen LogP contribution is -2.33. The van der Waals surface area contributed by atoms with E-state index < -0.39 is 23.6 Å². The molecule has 0 saturated heterocycles. The third-order valence-corrected chi connectivity index (χ3v) is 3.62. The number of alkyl halides is 3. The van der Waals surface area contributed by atoms with E-state index in [0.29, 0.717) is 12.1 Å². The van der Waals surface area contributed by atoms with Crippen molar-refractivity contribution in [3.63, 3.8) is 0 Å². The summed E-state index contributed by atoms with van der Waals surface area (Å²) in [4.78, 5) is 23.3. The van der Waals surface area contributed by atoms with Crippen LogP contribution in [-0.2, 0) is 0 Å². The smallest absolute Gasteiger partial charge is 0.352 e. The number of aromatic nitrogens is 2. The van der Waals surface area contributed by atoms with E-state index in [2.05, 4.69) is 10.4 Å². The molecule has 0 unspecified atom stereocenters. The van der Waals surface area contributed by atoms with E-state index in [9.17, 15) is 28.1 Å². The number of nitrogens with zero attached hydrogens (tertiary/aromatic N) is 4. The lowest BCUT2D eigenvalue weighted by molar-refractivity contribution is -0.384. The molecule has 0 aliphatic heterocycles. The minimum absolute atomic E-state index is 0.0561. The van der Waals surface area contributed by atoms with Crippen LogP contribution in [0.15, 0.2) is 36.7 Å². The Labute approximate surface area is 152 Å². The van der Waals surface area contributed by atoms with Crippen LogP contribution in [0.4, 0.5) is 18.9 Å². The van der Waals surface area contributed by atoms with Crippen molar-refractivity contribution in [3.8, 4) is 5.69 Å². The van der Waals surface area contributed by atoms with Crippen LogP contribution in [0, 0.1) is 10.1 Å². The van der Waals surface area contributed by atoms with Gasteiger partial charge in [0.15, 0.2) is 0 Å². The number of carbonyl (C=O) groups excluding carboxylic acids is 1. The normalized spacial score (nSPS) is 11.6. The van der Waals surface area contributed by atoms with Gasteiger partial charge in [0.25, 0.3) is 11.6 Å². The number of rotatable bonds is 8. The lowest BCUT2D eigenvalue weighted by atomic mass is 10.3. The molecule has 0 atom stereocenters. The summed E-state index contributed by atoms with van der Waals surface area (Å²) in [6.45, 7) is -0.575. The van der Waals surface area contributed by atoms with E-state index in [1.807, 2.05) is 0 Å². The second-order valence-electron chi connectivity index (χ2n) is 5.91. The number of nitro benzene ring substituents is 1. The highest BCUT2D eigenvalue weighted by Crippen LogP contribution is 2.16. The van der Waals surface area contributed by atoms with Crippen molar-refractivity contribution in [2.45, 2.75) is 12.6 Å². The Hall–Kier alpha value is -2.95. The maximum atomic E-state index is 12.2. The van der Waals surface area contributed by atoms with E-state index in [0.717, 1.165) is 4.90 Å². The van der Waals surface area contributed by atoms with Crippen LogP contribution < -0.4 is 5.32 Å². The minimum Gasteiger partial charge on any atom is -0.352 e. The molecule has 2 rings (SSSR count). The number of benzene rings is 1. The highest BCUT2D eigenvalue weighted by atomic mass is 19.4. The topological polar surface area (TPSA) is 93.3 Å². The second kappa shape index (κ2) is 8.62. The highest BCUT2D eigenvalue weighted by Gasteiger charge is 2.28. The average molecular weight is 385 g/mol. The van der Waals surface area contributed by atoms with E-state index in [1.54, 1.807) is 0 Å². The van der Waals surface area contributed by atoms with Crippen LogP contribution in [0.3, 0.4) is 0 Å². The Kier molecular flexibility index (Phi) is 6.50. The van der Waals surface area contributed by atoms with Gasteiger partial charge in [0.05, 0.1) is 28.9 Å². The van der Waals surface area contributed by atoms with Crippen molar-refractivity contribution in [2.75, 3.05) is 26.7 Å². The van der Waals surface area contributed by atoms with Crippen LogP contribution in [0.5, 0.6) is 0 Å². The first kappa shape index (κ1) is 20.4. The van der Waals surface area contributed by atoms with Gasteiger partial charge >= 0.3 is 6.18 Å². The first-order chi connectivity index (χ1) is 12.7. The van der Waals surface area contributed by atoms with Crippen LogP contribution in [-0.4, -0.2) is 58.4 Å². The summed E-state index contributed by atoms with van der Waals surface area (Å²) in [7, 11) is 1.36. The largest absolute Gasteiger partial charge is 0.401 e. The predicted molar refractivity (Wildman–Crippen MR) is 90.7 cm³/mol. The number of hydrogen-bond donors (Lipinski definition) is 1. The Morgan fingerprint density at radius 1 is 1.33 bits per heavy atom. The van der Waals surface area contributed by atoms with Gasteiger partial charge in [-0.05, 0) is 32.1 Å². The van der Waals surface area contributed by atoms with Crippen LogP contribution in [0.2, 0.25) is 0 Å². The number of amides is 1. The fourth-order valence-corrected chi connectivity index (χ4v) is 2.35. The van der Waals surface area contributed by atoms with Crippen molar-refractivity contribution in [3.05, 3.63) is 52.3 Å². The van der Waals surface area contributed by atoms with Crippen molar-refractivity contribution in [1.29, 1.82) is 0 Å². The average Bonchev–Trinajstić information content (AvgIpc) is 3.07. The molecule has 146 valence electrons. The Morgan fingerprint density at radius 3 is 2.59 bits per heavy atom. The van der Waals surface area contributed by atoms with E-state index in [4.69, 9.17) is 0 Å². The van der Waals surface area contributed by atoms with Crippen molar-refractivity contribution in [2.24, 2.45) is 0 Å². The van der Waals surface area contributed by atoms with E-state index >= 15 is 0 Å². The van der Waals surface area contributed by atoms with Gasteiger partial charge in [0, 0.05) is 24.9 Å². The summed E-state index contributed by atoms with van der Waals surface area (Å²) >= 11 is 0. The standard InChI is InChI=1S/C16H18F3N5O3/c1-22(11-16(17,18)19)8-2-7-20-15(25)12-9-21-23(10-12)13-3-5-14(6-4-13)24(26)27/h3-6,9-10H,2,7-8,11H2,1H3,(H,20,25). The molecule has 0 bridgehead atoms. The molecule has 1 N–H and O–H groups in total. The van der Waals surface area contributed by atoms with Crippen LogP contribution in [0.1, 0.15) is 16.8 Å². The first-order valence-electron chi connectivity index (χ1n) is 7.99. The number of non-ortho nitro benzene ring substituents is 1. The van der Waals surface area contributed by atoms with Gasteiger partial charge in [-0.25, -0.2) is 4.68 Å². The van der Waals surface area contributed by atoms with Gasteiger partial charge in [-0.2, -0.15) is 18.3 Å². The molecule has 1 heterocycles. The quantitative estimate of drug-likeness (QED) is 0.428. The zero-order valence-electron chi connectivity index (χ0n) is 14.4. The summed E-state index contributed by atoms with van der Waals surface area (Å²) in [5, 5.41) is 17.3. The van der Waals surface area contributed by atoms with Crippen LogP contribution in [0.25, 0.3) is 5.69 Å². The van der Waals surface area contributed by atoms with Gasteiger partial charge in [0.2, 0.25) is 0 Å². The van der Waals surface area contributed by atoms with Crippen molar-refractivity contribution in [1.82, 2.24) is 20.0 Å². The molecule has 0 aliphatic rings. The van der Waals surface area contributed by atoms with Gasteiger partial charge in [-0.15, -0.1) is 0 Å². The molecular formula is C16H18F3N5O3. The van der Waals surface area contributed by atoms with Crippen molar-refractivity contribution >= 4 is 11.6 Å². The third-order valence-electron chi connectivity index (χ3n) is 3.62. The molecule has 1 aromatic heterocycles. The number of hydrogen-bond acceptors (Lipinski definition) is 5. The Balaban J connectivity index is 1.83. The number of nitrogens with one attached hydrogen (secondary N) is 1. The third kappa shape index (κ3) is 6.37. The maximum absolute atomic E-state index is 12.2. The summed E-state index contributed by atoms with van der Waals surface area (Å²) in [5.41, 5.74) is 0.768. The molecule has 0 aliphatic carbocycles. The summed E-state index contributed by atoms with van der Waals surface area (Å²) < 4.78 is 38.0. The van der Waals surface area contributed by atoms with Gasteiger partial charge < -0.3 is 5.32 Å². The molecule has 8 nitrogen and oxygen atoms in total. The molecule has 11 heteroatoms. The van der Waals surface area contributed by atoms with E-state index in [1.165, 1.54) is 48.4 Å². The molecule has 1 amide bonds. The molecule has 0 spiro atoms. The number of halogens is 3. The number of carbonyl (C=O) groups is 1. The predicted octanol–water partition coefficient (Wildman–Crippen LogP) is 2.39. The molecule has 0 saturated carbocycles. The highest BCUT2D eigenvalue weighted by molar-refractivity contribution is 5.93. The summed E-state index contributed by atoms with van der Waals surface area (Å²) in [5.74, 6) is -0.401. The molecule has 0 fully saturated rings. The first-order valence-corrected chi connectivity index (χ1v) is 7.99. The maximum Gasteiger partial charge on any atom is 0.401 e. The minimum atomic E-state index is -4.25. The number of nitro groups is 1. The molecule has 2 aromatic rings. The zero-order valence-corrected chi connectivity index (χ0v) is 14.4. The monoisotopic (exact) mass is 385 g/mol. The molecular weight excluding hydrogens is 367 g/mol. The van der Waals surface area contributed by atoms with Gasteiger partial charge in [-0.3, -0.25) is 19.8 Å². The lowest BCUT2D eigenvalue weighted by Gasteiger charge is -2.18.